The van der Waals surface area contributed by atoms with Gasteiger partial charge in [-0.05, 0) is 36.8 Å². The van der Waals surface area contributed by atoms with Gasteiger partial charge in [0.05, 0.1) is 5.52 Å². The van der Waals surface area contributed by atoms with Crippen molar-refractivity contribution >= 4 is 10.9 Å². The third kappa shape index (κ3) is 3.93. The van der Waals surface area contributed by atoms with Crippen LogP contribution >= 0.6 is 0 Å². The molecule has 0 saturated carbocycles. The maximum Gasteiger partial charge on any atom is 0.211 e. The second-order valence-corrected chi connectivity index (χ2v) is 6.93. The summed E-state index contributed by atoms with van der Waals surface area (Å²) in [6.45, 7) is 9.64. The standard InChI is InChI=1S/C18H26N2O/c1-5-6-13-20-16-10-8-7-9-14(16)17(21)15(19-20)11-12-18(2,3)4/h7-10H,5-6,11-13H2,1-4H3. The number of rotatable bonds is 5. The Morgan fingerprint density at radius 3 is 2.57 bits per heavy atom. The molecule has 0 fully saturated rings. The Morgan fingerprint density at radius 1 is 1.19 bits per heavy atom. The van der Waals surface area contributed by atoms with Crippen LogP contribution in [0.15, 0.2) is 29.1 Å². The summed E-state index contributed by atoms with van der Waals surface area (Å²) in [6, 6.07) is 7.82. The maximum absolute atomic E-state index is 12.6. The van der Waals surface area contributed by atoms with E-state index in [-0.39, 0.29) is 10.8 Å². The minimum Gasteiger partial charge on any atom is -0.287 e. The van der Waals surface area contributed by atoms with Gasteiger partial charge in [-0.25, -0.2) is 0 Å². The average molecular weight is 286 g/mol. The van der Waals surface area contributed by atoms with Crippen LogP contribution in [0.2, 0.25) is 0 Å². The lowest BCUT2D eigenvalue weighted by Gasteiger charge is -2.18. The fourth-order valence-corrected chi connectivity index (χ4v) is 2.43. The van der Waals surface area contributed by atoms with E-state index in [4.69, 9.17) is 0 Å². The summed E-state index contributed by atoms with van der Waals surface area (Å²) >= 11 is 0. The van der Waals surface area contributed by atoms with Crippen LogP contribution < -0.4 is 5.43 Å². The third-order valence-electron chi connectivity index (χ3n) is 3.77. The molecule has 2 rings (SSSR count). The maximum atomic E-state index is 12.6. The first kappa shape index (κ1) is 15.7. The molecule has 21 heavy (non-hydrogen) atoms. The van der Waals surface area contributed by atoms with Gasteiger partial charge in [-0.1, -0.05) is 46.2 Å². The largest absolute Gasteiger partial charge is 0.287 e. The molecule has 114 valence electrons. The number of para-hydroxylation sites is 1. The number of nitrogens with zero attached hydrogens (tertiary/aromatic N) is 2. The average Bonchev–Trinajstić information content (AvgIpc) is 2.45. The molecule has 0 radical (unpaired) electrons. The smallest absolute Gasteiger partial charge is 0.211 e. The topological polar surface area (TPSA) is 34.9 Å². The molecule has 0 bridgehead atoms. The Kier molecular flexibility index (Phi) is 4.81. The molecular weight excluding hydrogens is 260 g/mol. The zero-order valence-electron chi connectivity index (χ0n) is 13.6. The Balaban J connectivity index is 2.45. The van der Waals surface area contributed by atoms with Crippen molar-refractivity contribution in [3.8, 4) is 0 Å². The van der Waals surface area contributed by atoms with Crippen molar-refractivity contribution in [1.29, 1.82) is 0 Å². The van der Waals surface area contributed by atoms with E-state index in [0.717, 1.165) is 43.1 Å². The highest BCUT2D eigenvalue weighted by Crippen LogP contribution is 2.20. The van der Waals surface area contributed by atoms with E-state index in [0.29, 0.717) is 5.69 Å². The molecule has 1 aromatic heterocycles. The number of unbranched alkanes of at least 4 members (excludes halogenated alkanes) is 1. The minimum absolute atomic E-state index is 0.0996. The molecule has 0 N–H and O–H groups in total. The number of benzene rings is 1. The van der Waals surface area contributed by atoms with E-state index in [1.807, 2.05) is 28.9 Å². The van der Waals surface area contributed by atoms with Crippen molar-refractivity contribution in [3.05, 3.63) is 40.2 Å². The third-order valence-corrected chi connectivity index (χ3v) is 3.77. The first-order valence-corrected chi connectivity index (χ1v) is 7.91. The van der Waals surface area contributed by atoms with Gasteiger partial charge >= 0.3 is 0 Å². The second-order valence-electron chi connectivity index (χ2n) is 6.93. The molecule has 1 heterocycles. The highest BCUT2D eigenvalue weighted by Gasteiger charge is 2.15. The fourth-order valence-electron chi connectivity index (χ4n) is 2.43. The molecule has 0 amide bonds. The van der Waals surface area contributed by atoms with Crippen molar-refractivity contribution in [1.82, 2.24) is 9.78 Å². The van der Waals surface area contributed by atoms with Gasteiger partial charge in [0.25, 0.3) is 0 Å². The van der Waals surface area contributed by atoms with Crippen LogP contribution in [0, 0.1) is 5.41 Å². The second kappa shape index (κ2) is 6.42. The van der Waals surface area contributed by atoms with Gasteiger partial charge in [0.2, 0.25) is 5.43 Å². The molecule has 1 aromatic carbocycles. The van der Waals surface area contributed by atoms with Crippen molar-refractivity contribution in [2.75, 3.05) is 0 Å². The number of hydrogen-bond acceptors (Lipinski definition) is 2. The lowest BCUT2D eigenvalue weighted by molar-refractivity contribution is 0.374. The molecule has 0 atom stereocenters. The van der Waals surface area contributed by atoms with E-state index in [2.05, 4.69) is 32.8 Å². The van der Waals surface area contributed by atoms with E-state index in [1.54, 1.807) is 0 Å². The highest BCUT2D eigenvalue weighted by molar-refractivity contribution is 5.78. The van der Waals surface area contributed by atoms with E-state index in [9.17, 15) is 4.79 Å². The molecule has 2 aromatic rings. The molecule has 0 spiro atoms. The normalized spacial score (nSPS) is 12.0. The van der Waals surface area contributed by atoms with Crippen LogP contribution in [-0.2, 0) is 13.0 Å². The van der Waals surface area contributed by atoms with E-state index >= 15 is 0 Å². The summed E-state index contributed by atoms with van der Waals surface area (Å²) in [5.74, 6) is 0. The Labute approximate surface area is 127 Å². The summed E-state index contributed by atoms with van der Waals surface area (Å²) in [5.41, 5.74) is 1.98. The van der Waals surface area contributed by atoms with Crippen molar-refractivity contribution < 1.29 is 0 Å². The monoisotopic (exact) mass is 286 g/mol. The van der Waals surface area contributed by atoms with Crippen LogP contribution in [0.4, 0.5) is 0 Å². The van der Waals surface area contributed by atoms with Gasteiger partial charge in [-0.15, -0.1) is 0 Å². The van der Waals surface area contributed by atoms with E-state index in [1.165, 1.54) is 0 Å². The summed E-state index contributed by atoms with van der Waals surface area (Å²) < 4.78 is 2.01. The van der Waals surface area contributed by atoms with Crippen LogP contribution in [0.5, 0.6) is 0 Å². The molecule has 3 nitrogen and oxygen atoms in total. The molecule has 0 aliphatic carbocycles. The molecule has 0 saturated heterocycles. The number of hydrogen-bond donors (Lipinski definition) is 0. The quantitative estimate of drug-likeness (QED) is 0.826. The lowest BCUT2D eigenvalue weighted by Crippen LogP contribution is -2.21. The summed E-state index contributed by atoms with van der Waals surface area (Å²) in [5, 5.41) is 5.44. The van der Waals surface area contributed by atoms with Gasteiger partial charge in [-0.2, -0.15) is 5.10 Å². The lowest BCUT2D eigenvalue weighted by atomic mass is 9.89. The van der Waals surface area contributed by atoms with Gasteiger partial charge in [-0.3, -0.25) is 9.48 Å². The predicted octanol–water partition coefficient (Wildman–Crippen LogP) is 4.18. The highest BCUT2D eigenvalue weighted by atomic mass is 16.1. The van der Waals surface area contributed by atoms with Gasteiger partial charge in [0.15, 0.2) is 0 Å². The van der Waals surface area contributed by atoms with Gasteiger partial charge in [0, 0.05) is 11.9 Å². The van der Waals surface area contributed by atoms with Gasteiger partial charge < -0.3 is 0 Å². The number of aromatic nitrogens is 2. The first-order chi connectivity index (χ1) is 9.92. The zero-order valence-corrected chi connectivity index (χ0v) is 13.6. The first-order valence-electron chi connectivity index (χ1n) is 7.91. The van der Waals surface area contributed by atoms with Gasteiger partial charge in [0.1, 0.15) is 5.69 Å². The minimum atomic E-state index is 0.0996. The zero-order chi connectivity index (χ0) is 15.5. The predicted molar refractivity (Wildman–Crippen MR) is 88.7 cm³/mol. The SMILES string of the molecule is CCCCn1nc(CCC(C)(C)C)c(=O)c2ccccc21. The van der Waals surface area contributed by atoms with Crippen molar-refractivity contribution in [2.45, 2.75) is 59.9 Å². The van der Waals surface area contributed by atoms with Crippen molar-refractivity contribution in [3.63, 3.8) is 0 Å². The van der Waals surface area contributed by atoms with Crippen molar-refractivity contribution in [2.24, 2.45) is 5.41 Å². The Hall–Kier alpha value is -1.64. The summed E-state index contributed by atoms with van der Waals surface area (Å²) in [7, 11) is 0. The molecular formula is C18H26N2O. The van der Waals surface area contributed by atoms with Crippen LogP contribution in [0.3, 0.4) is 0 Å². The molecule has 0 aliphatic heterocycles. The van der Waals surface area contributed by atoms with Crippen LogP contribution in [0.1, 0.15) is 52.7 Å². The molecule has 3 heteroatoms. The number of aryl methyl sites for hydroxylation is 2. The van der Waals surface area contributed by atoms with Crippen LogP contribution in [-0.4, -0.2) is 9.78 Å². The molecule has 0 aliphatic rings. The summed E-state index contributed by atoms with van der Waals surface area (Å²) in [6.07, 6.45) is 3.93. The number of fused-ring (bicyclic) bond motifs is 1. The van der Waals surface area contributed by atoms with Crippen LogP contribution in [0.25, 0.3) is 10.9 Å². The Morgan fingerprint density at radius 2 is 1.90 bits per heavy atom. The summed E-state index contributed by atoms with van der Waals surface area (Å²) in [4.78, 5) is 12.6. The Bertz CT molecular complexity index is 665. The van der Waals surface area contributed by atoms with E-state index < -0.39 is 0 Å². The fraction of sp³-hybridized carbons (Fsp3) is 0.556. The molecule has 0 unspecified atom stereocenters.